The highest BCUT2D eigenvalue weighted by atomic mass is 79.9. The first-order valence-electron chi connectivity index (χ1n) is 8.99. The number of carbonyl (C=O) groups is 2. The van der Waals surface area contributed by atoms with Crippen molar-refractivity contribution in [2.24, 2.45) is 0 Å². The summed E-state index contributed by atoms with van der Waals surface area (Å²) in [5.74, 6) is -1.46. The van der Waals surface area contributed by atoms with E-state index in [1.165, 1.54) is 12.6 Å². The van der Waals surface area contributed by atoms with Crippen LogP contribution in [0.3, 0.4) is 0 Å². The Balaban J connectivity index is 2.19. The lowest BCUT2D eigenvalue weighted by atomic mass is 9.98. The number of aliphatic carboxylic acids is 1. The quantitative estimate of drug-likeness (QED) is 0.487. The van der Waals surface area contributed by atoms with Crippen molar-refractivity contribution in [1.29, 1.82) is 0 Å². The average molecular weight is 512 g/mol. The van der Waals surface area contributed by atoms with Crippen molar-refractivity contribution >= 4 is 49.4 Å². The van der Waals surface area contributed by atoms with E-state index in [0.717, 1.165) is 40.4 Å². The number of alkyl halides is 2. The third kappa shape index (κ3) is 5.82. The minimum absolute atomic E-state index is 0.395. The second kappa shape index (κ2) is 10.6. The van der Waals surface area contributed by atoms with E-state index >= 15 is 0 Å². The van der Waals surface area contributed by atoms with E-state index in [1.807, 2.05) is 12.1 Å². The van der Waals surface area contributed by atoms with Crippen LogP contribution in [-0.2, 0) is 4.79 Å². The van der Waals surface area contributed by atoms with Crippen molar-refractivity contribution in [2.75, 3.05) is 28.6 Å². The van der Waals surface area contributed by atoms with Gasteiger partial charge in [-0.05, 0) is 54.8 Å². The Morgan fingerprint density at radius 1 is 1.07 bits per heavy atom. The standard InChI is InChI=1S/C21H24Br2N2O3/c1-14-13-18(25(11-9-22)12-10-23)7-8-19(14)16-3-5-17(6-4-16)20(26)24-15(2)21(27)28/h3-8,13,15H,9-12H2,1-2H3,(H,24,26)(H,27,28)/t15-/m0/s1. The number of hydrogen-bond donors (Lipinski definition) is 2. The van der Waals surface area contributed by atoms with Crippen LogP contribution in [0.1, 0.15) is 22.8 Å². The second-order valence-corrected chi connectivity index (χ2v) is 8.06. The fourth-order valence-electron chi connectivity index (χ4n) is 2.89. The number of amides is 1. The van der Waals surface area contributed by atoms with E-state index in [9.17, 15) is 9.59 Å². The zero-order valence-corrected chi connectivity index (χ0v) is 19.1. The molecule has 2 aromatic rings. The molecule has 5 nitrogen and oxygen atoms in total. The summed E-state index contributed by atoms with van der Waals surface area (Å²) in [5.41, 5.74) is 4.89. The van der Waals surface area contributed by atoms with Gasteiger partial charge in [-0.2, -0.15) is 0 Å². The van der Waals surface area contributed by atoms with Gasteiger partial charge in [0.05, 0.1) is 0 Å². The molecule has 0 spiro atoms. The molecule has 1 atom stereocenters. The van der Waals surface area contributed by atoms with Gasteiger partial charge in [-0.25, -0.2) is 0 Å². The Bertz CT molecular complexity index is 819. The number of anilines is 1. The number of nitrogens with zero attached hydrogens (tertiary/aromatic N) is 1. The zero-order chi connectivity index (χ0) is 20.7. The number of aryl methyl sites for hydroxylation is 1. The molecule has 7 heteroatoms. The van der Waals surface area contributed by atoms with Crippen molar-refractivity contribution in [2.45, 2.75) is 19.9 Å². The molecule has 0 aliphatic carbocycles. The number of carboxylic acid groups (broad SMARTS) is 1. The lowest BCUT2D eigenvalue weighted by molar-refractivity contribution is -0.138. The van der Waals surface area contributed by atoms with Crippen LogP contribution in [0.15, 0.2) is 42.5 Å². The van der Waals surface area contributed by atoms with Crippen molar-refractivity contribution in [3.8, 4) is 11.1 Å². The minimum atomic E-state index is -1.06. The van der Waals surface area contributed by atoms with Crippen LogP contribution in [0.2, 0.25) is 0 Å². The second-order valence-electron chi connectivity index (χ2n) is 6.47. The maximum Gasteiger partial charge on any atom is 0.325 e. The summed E-state index contributed by atoms with van der Waals surface area (Å²) in [4.78, 5) is 25.3. The molecule has 2 aromatic carbocycles. The molecule has 0 bridgehead atoms. The molecule has 0 fully saturated rings. The molecule has 0 saturated heterocycles. The Morgan fingerprint density at radius 2 is 1.68 bits per heavy atom. The van der Waals surface area contributed by atoms with Crippen molar-refractivity contribution in [3.63, 3.8) is 0 Å². The number of nitrogens with one attached hydrogen (secondary N) is 1. The summed E-state index contributed by atoms with van der Waals surface area (Å²) in [6.45, 7) is 5.38. The van der Waals surface area contributed by atoms with Crippen LogP contribution in [0, 0.1) is 6.92 Å². The van der Waals surface area contributed by atoms with E-state index in [1.54, 1.807) is 12.1 Å². The van der Waals surface area contributed by atoms with Gasteiger partial charge < -0.3 is 15.3 Å². The average Bonchev–Trinajstić information content (AvgIpc) is 2.67. The SMILES string of the molecule is Cc1cc(N(CCBr)CCBr)ccc1-c1ccc(C(=O)N[C@@H](C)C(=O)O)cc1. The highest BCUT2D eigenvalue weighted by molar-refractivity contribution is 9.09. The molecular weight excluding hydrogens is 488 g/mol. The molecule has 0 saturated carbocycles. The van der Waals surface area contributed by atoms with Gasteiger partial charge in [0.1, 0.15) is 6.04 Å². The Kier molecular flexibility index (Phi) is 8.51. The van der Waals surface area contributed by atoms with Crippen LogP contribution in [-0.4, -0.2) is 46.8 Å². The summed E-state index contributed by atoms with van der Waals surface area (Å²) < 4.78 is 0. The van der Waals surface area contributed by atoms with Gasteiger partial charge >= 0.3 is 5.97 Å². The first kappa shape index (κ1) is 22.4. The lowest BCUT2D eigenvalue weighted by Gasteiger charge is -2.24. The van der Waals surface area contributed by atoms with Gasteiger partial charge in [-0.15, -0.1) is 0 Å². The highest BCUT2D eigenvalue weighted by Gasteiger charge is 2.15. The molecule has 0 unspecified atom stereocenters. The Morgan fingerprint density at radius 3 is 2.18 bits per heavy atom. The molecule has 0 aliphatic rings. The topological polar surface area (TPSA) is 69.6 Å². The number of benzene rings is 2. The van der Waals surface area contributed by atoms with Crippen molar-refractivity contribution in [3.05, 3.63) is 53.6 Å². The summed E-state index contributed by atoms with van der Waals surface area (Å²) >= 11 is 7.01. The zero-order valence-electron chi connectivity index (χ0n) is 15.9. The molecule has 0 heterocycles. The number of hydrogen-bond acceptors (Lipinski definition) is 3. The predicted octanol–water partition coefficient (Wildman–Crippen LogP) is 4.46. The van der Waals surface area contributed by atoms with Crippen LogP contribution in [0.5, 0.6) is 0 Å². The molecule has 0 aromatic heterocycles. The van der Waals surface area contributed by atoms with Crippen LogP contribution in [0.4, 0.5) is 5.69 Å². The van der Waals surface area contributed by atoms with Gasteiger partial charge in [0.25, 0.3) is 5.91 Å². The van der Waals surface area contributed by atoms with E-state index in [4.69, 9.17) is 5.11 Å². The first-order chi connectivity index (χ1) is 13.4. The van der Waals surface area contributed by atoms with E-state index in [0.29, 0.717) is 5.56 Å². The molecule has 28 heavy (non-hydrogen) atoms. The Labute approximate surface area is 182 Å². The lowest BCUT2D eigenvalue weighted by Crippen LogP contribution is -2.38. The molecule has 150 valence electrons. The number of carboxylic acids is 1. The molecule has 1 amide bonds. The summed E-state index contributed by atoms with van der Waals surface area (Å²) in [6, 6.07) is 12.7. The van der Waals surface area contributed by atoms with Crippen molar-refractivity contribution in [1.82, 2.24) is 5.32 Å². The van der Waals surface area contributed by atoms with E-state index in [2.05, 4.69) is 67.2 Å². The molecular formula is C21H24Br2N2O3. The first-order valence-corrected chi connectivity index (χ1v) is 11.2. The number of carbonyl (C=O) groups excluding carboxylic acids is 1. The van der Waals surface area contributed by atoms with Gasteiger partial charge in [0.15, 0.2) is 0 Å². The monoisotopic (exact) mass is 510 g/mol. The maximum absolute atomic E-state index is 12.1. The van der Waals surface area contributed by atoms with Crippen molar-refractivity contribution < 1.29 is 14.7 Å². The summed E-state index contributed by atoms with van der Waals surface area (Å²) in [6.07, 6.45) is 0. The van der Waals surface area contributed by atoms with Crippen LogP contribution in [0.25, 0.3) is 11.1 Å². The molecule has 2 rings (SSSR count). The van der Waals surface area contributed by atoms with Gasteiger partial charge in [-0.3, -0.25) is 9.59 Å². The largest absolute Gasteiger partial charge is 0.480 e. The molecule has 0 aliphatic heterocycles. The fraction of sp³-hybridized carbons (Fsp3) is 0.333. The number of halogens is 2. The molecule has 0 radical (unpaired) electrons. The van der Waals surface area contributed by atoms with Crippen LogP contribution >= 0.6 is 31.9 Å². The number of rotatable bonds is 9. The van der Waals surface area contributed by atoms with Gasteiger partial charge in [-0.1, -0.05) is 50.1 Å². The summed E-state index contributed by atoms with van der Waals surface area (Å²) in [5, 5.41) is 13.2. The fourth-order valence-corrected chi connectivity index (χ4v) is 3.74. The normalized spacial score (nSPS) is 11.7. The minimum Gasteiger partial charge on any atom is -0.480 e. The van der Waals surface area contributed by atoms with Gasteiger partial charge in [0, 0.05) is 35.0 Å². The van der Waals surface area contributed by atoms with E-state index in [-0.39, 0.29) is 0 Å². The highest BCUT2D eigenvalue weighted by Crippen LogP contribution is 2.28. The third-order valence-corrected chi connectivity index (χ3v) is 5.17. The van der Waals surface area contributed by atoms with E-state index < -0.39 is 17.9 Å². The molecule has 2 N–H and O–H groups in total. The van der Waals surface area contributed by atoms with Crippen LogP contribution < -0.4 is 10.2 Å². The predicted molar refractivity (Wildman–Crippen MR) is 121 cm³/mol. The summed E-state index contributed by atoms with van der Waals surface area (Å²) in [7, 11) is 0. The smallest absolute Gasteiger partial charge is 0.325 e. The third-order valence-electron chi connectivity index (χ3n) is 4.46. The van der Waals surface area contributed by atoms with Gasteiger partial charge in [0.2, 0.25) is 0 Å². The Hall–Kier alpha value is -1.86. The maximum atomic E-state index is 12.1.